The summed E-state index contributed by atoms with van der Waals surface area (Å²) >= 11 is 0. The fourth-order valence-electron chi connectivity index (χ4n) is 5.94. The number of hydrogen-bond acceptors (Lipinski definition) is 5. The van der Waals surface area contributed by atoms with Crippen LogP contribution < -0.4 is 4.90 Å². The largest absolute Gasteiger partial charge is 0.464 e. The van der Waals surface area contributed by atoms with Crippen LogP contribution in [-0.2, 0) is 11.8 Å². The molecule has 3 heterocycles. The molecule has 2 aromatic heterocycles. The Morgan fingerprint density at radius 1 is 0.944 bits per heavy atom. The predicted molar refractivity (Wildman–Crippen MR) is 141 cm³/mol. The van der Waals surface area contributed by atoms with Crippen molar-refractivity contribution in [3.8, 4) is 22.3 Å². The van der Waals surface area contributed by atoms with Gasteiger partial charge < -0.3 is 14.2 Å². The molecule has 6 nitrogen and oxygen atoms in total. The number of benzene rings is 1. The van der Waals surface area contributed by atoms with Gasteiger partial charge in [0, 0.05) is 63.3 Å². The van der Waals surface area contributed by atoms with Gasteiger partial charge in [-0.3, -0.25) is 9.88 Å². The maximum absolute atomic E-state index is 13.8. The molecular weight excluding hydrogens is 455 g/mol. The normalized spacial score (nSPS) is 17.4. The number of carbonyl (C=O) groups excluding carboxylic acids is 1. The van der Waals surface area contributed by atoms with Crippen molar-refractivity contribution in [2.24, 2.45) is 13.0 Å². The minimum absolute atomic E-state index is 0.311. The molecule has 36 heavy (non-hydrogen) atoms. The molecule has 3 aromatic rings. The molecule has 2 aliphatic rings. The monoisotopic (exact) mass is 490 g/mol. The van der Waals surface area contributed by atoms with Gasteiger partial charge in [-0.05, 0) is 54.2 Å². The smallest absolute Gasteiger partial charge is 0.355 e. The molecule has 0 unspecified atom stereocenters. The van der Waals surface area contributed by atoms with Crippen molar-refractivity contribution >= 4 is 11.8 Å². The Labute approximate surface area is 212 Å². The van der Waals surface area contributed by atoms with Crippen LogP contribution in [0.25, 0.3) is 22.3 Å². The van der Waals surface area contributed by atoms with Gasteiger partial charge in [-0.25, -0.2) is 9.18 Å². The Balaban J connectivity index is 1.54. The zero-order valence-electron chi connectivity index (χ0n) is 21.3. The highest BCUT2D eigenvalue weighted by atomic mass is 19.1. The second kappa shape index (κ2) is 10.8. The molecule has 0 N–H and O–H groups in total. The highest BCUT2D eigenvalue weighted by Gasteiger charge is 2.32. The van der Waals surface area contributed by atoms with Crippen LogP contribution in [0, 0.1) is 11.7 Å². The van der Waals surface area contributed by atoms with Crippen LogP contribution in [0.5, 0.6) is 0 Å². The van der Waals surface area contributed by atoms with Crippen molar-refractivity contribution < 1.29 is 13.9 Å². The Hall–Kier alpha value is -3.19. The first-order valence-electron chi connectivity index (χ1n) is 13.0. The van der Waals surface area contributed by atoms with Crippen LogP contribution in [-0.4, -0.2) is 60.3 Å². The van der Waals surface area contributed by atoms with Crippen molar-refractivity contribution in [2.75, 3.05) is 44.7 Å². The Kier molecular flexibility index (Phi) is 7.37. The van der Waals surface area contributed by atoms with Crippen molar-refractivity contribution in [1.82, 2.24) is 14.5 Å². The van der Waals surface area contributed by atoms with Crippen LogP contribution in [0.3, 0.4) is 0 Å². The minimum atomic E-state index is -0.408. The number of esters is 1. The average Bonchev–Trinajstić information content (AvgIpc) is 3.23. The lowest BCUT2D eigenvalue weighted by Gasteiger charge is -2.38. The van der Waals surface area contributed by atoms with Gasteiger partial charge >= 0.3 is 5.97 Å². The number of hydrogen-bond donors (Lipinski definition) is 0. The zero-order chi connectivity index (χ0) is 25.1. The summed E-state index contributed by atoms with van der Waals surface area (Å²) in [5.74, 6) is 1.09. The summed E-state index contributed by atoms with van der Waals surface area (Å²) in [4.78, 5) is 22.3. The van der Waals surface area contributed by atoms with Crippen molar-refractivity contribution in [2.45, 2.75) is 32.1 Å². The van der Waals surface area contributed by atoms with E-state index in [2.05, 4.69) is 14.8 Å². The molecule has 1 aromatic carbocycles. The fraction of sp³-hybridized carbons (Fsp3) is 0.448. The molecule has 0 bridgehead atoms. The van der Waals surface area contributed by atoms with E-state index in [0.29, 0.717) is 5.69 Å². The standard InChI is InChI=1S/C29H35FN4O2/c1-32-27(29(35)36-2)25(22-8-10-24(30)11-9-22)26(23-12-14-31-15-13-23)28(32)34-18-16-33(17-19-34)20-21-6-4-3-5-7-21/h8-15,21H,3-7,16-20H2,1-2H3. The molecule has 1 aliphatic carbocycles. The van der Waals surface area contributed by atoms with E-state index in [1.165, 1.54) is 57.9 Å². The van der Waals surface area contributed by atoms with E-state index < -0.39 is 5.97 Å². The topological polar surface area (TPSA) is 50.6 Å². The van der Waals surface area contributed by atoms with Crippen LogP contribution in [0.2, 0.25) is 0 Å². The van der Waals surface area contributed by atoms with E-state index >= 15 is 0 Å². The minimum Gasteiger partial charge on any atom is -0.464 e. The number of halogens is 1. The molecule has 0 amide bonds. The van der Waals surface area contributed by atoms with Crippen molar-refractivity contribution in [3.05, 3.63) is 60.3 Å². The number of pyridine rings is 1. The molecule has 0 spiro atoms. The lowest BCUT2D eigenvalue weighted by atomic mass is 9.89. The molecule has 1 saturated carbocycles. The third-order valence-corrected chi connectivity index (χ3v) is 7.76. The Morgan fingerprint density at radius 3 is 2.22 bits per heavy atom. The summed E-state index contributed by atoms with van der Waals surface area (Å²) in [6, 6.07) is 10.3. The van der Waals surface area contributed by atoms with Gasteiger partial charge in [-0.1, -0.05) is 31.4 Å². The summed E-state index contributed by atoms with van der Waals surface area (Å²) in [6.07, 6.45) is 10.4. The van der Waals surface area contributed by atoms with E-state index in [1.807, 2.05) is 23.7 Å². The lowest BCUT2D eigenvalue weighted by Crippen LogP contribution is -2.48. The molecule has 0 radical (unpaired) electrons. The number of ether oxygens (including phenoxy) is 1. The molecule has 190 valence electrons. The van der Waals surface area contributed by atoms with Crippen LogP contribution in [0.4, 0.5) is 10.2 Å². The maximum atomic E-state index is 13.8. The first kappa shape index (κ1) is 24.5. The number of nitrogens with zero attached hydrogens (tertiary/aromatic N) is 4. The van der Waals surface area contributed by atoms with Crippen LogP contribution in [0.15, 0.2) is 48.8 Å². The van der Waals surface area contributed by atoms with Gasteiger partial charge in [0.15, 0.2) is 0 Å². The van der Waals surface area contributed by atoms with Gasteiger partial charge in [0.25, 0.3) is 0 Å². The number of anilines is 1. The highest BCUT2D eigenvalue weighted by Crippen LogP contribution is 2.44. The summed E-state index contributed by atoms with van der Waals surface area (Å²) in [5.41, 5.74) is 3.93. The maximum Gasteiger partial charge on any atom is 0.355 e. The SMILES string of the molecule is COC(=O)c1c(-c2ccc(F)cc2)c(-c2ccncc2)c(N2CCN(CC3CCCCC3)CC2)n1C. The third-order valence-electron chi connectivity index (χ3n) is 7.76. The fourth-order valence-corrected chi connectivity index (χ4v) is 5.94. The summed E-state index contributed by atoms with van der Waals surface area (Å²) in [5, 5.41) is 0. The Morgan fingerprint density at radius 2 is 1.58 bits per heavy atom. The summed E-state index contributed by atoms with van der Waals surface area (Å²) in [6.45, 7) is 4.94. The second-order valence-electron chi connectivity index (χ2n) is 10.0. The second-order valence-corrected chi connectivity index (χ2v) is 10.0. The molecule has 0 atom stereocenters. The Bertz CT molecular complexity index is 1180. The van der Waals surface area contributed by atoms with Crippen LogP contribution >= 0.6 is 0 Å². The number of piperazine rings is 1. The van der Waals surface area contributed by atoms with E-state index in [0.717, 1.165) is 60.2 Å². The van der Waals surface area contributed by atoms with Gasteiger partial charge in [0.1, 0.15) is 17.3 Å². The first-order valence-corrected chi connectivity index (χ1v) is 13.0. The van der Waals surface area contributed by atoms with E-state index in [4.69, 9.17) is 4.74 Å². The van der Waals surface area contributed by atoms with Crippen LogP contribution in [0.1, 0.15) is 42.6 Å². The molecule has 1 saturated heterocycles. The molecule has 5 rings (SSSR count). The average molecular weight is 491 g/mol. The quantitative estimate of drug-likeness (QED) is 0.434. The van der Waals surface area contributed by atoms with E-state index in [-0.39, 0.29) is 5.82 Å². The summed E-state index contributed by atoms with van der Waals surface area (Å²) in [7, 11) is 3.33. The van der Waals surface area contributed by atoms with Gasteiger partial charge in [-0.15, -0.1) is 0 Å². The molecule has 2 fully saturated rings. The van der Waals surface area contributed by atoms with Gasteiger partial charge in [0.2, 0.25) is 0 Å². The van der Waals surface area contributed by atoms with E-state index in [9.17, 15) is 9.18 Å². The predicted octanol–water partition coefficient (Wildman–Crippen LogP) is 5.38. The number of rotatable bonds is 6. The van der Waals surface area contributed by atoms with Crippen molar-refractivity contribution in [1.29, 1.82) is 0 Å². The lowest BCUT2D eigenvalue weighted by molar-refractivity contribution is 0.0591. The summed E-state index contributed by atoms with van der Waals surface area (Å²) < 4.78 is 21.0. The number of carbonyl (C=O) groups is 1. The number of aromatic nitrogens is 2. The molecule has 7 heteroatoms. The van der Waals surface area contributed by atoms with Crippen molar-refractivity contribution in [3.63, 3.8) is 0 Å². The highest BCUT2D eigenvalue weighted by molar-refractivity contribution is 6.05. The van der Waals surface area contributed by atoms with Gasteiger partial charge in [-0.2, -0.15) is 0 Å². The zero-order valence-corrected chi connectivity index (χ0v) is 21.3. The molecule has 1 aliphatic heterocycles. The first-order chi connectivity index (χ1) is 17.6. The van der Waals surface area contributed by atoms with Gasteiger partial charge in [0.05, 0.1) is 7.11 Å². The molecular formula is C29H35FN4O2. The van der Waals surface area contributed by atoms with E-state index in [1.54, 1.807) is 24.5 Å². The third kappa shape index (κ3) is 4.89. The number of methoxy groups -OCH3 is 1.